The highest BCUT2D eigenvalue weighted by molar-refractivity contribution is 7.80. The molecule has 2 aromatic rings. The molecule has 4 nitrogen and oxygen atoms in total. The lowest BCUT2D eigenvalue weighted by Crippen LogP contribution is -2.28. The number of benzene rings is 1. The minimum atomic E-state index is 0.557. The third kappa shape index (κ3) is 3.71. The normalized spacial score (nSPS) is 10.3. The van der Waals surface area contributed by atoms with Gasteiger partial charge in [-0.2, -0.15) is 5.10 Å². The summed E-state index contributed by atoms with van der Waals surface area (Å²) in [4.78, 5) is 0. The van der Waals surface area contributed by atoms with Crippen LogP contribution in [0.5, 0.6) is 0 Å². The average Bonchev–Trinajstić information content (AvgIpc) is 2.90. The van der Waals surface area contributed by atoms with Gasteiger partial charge in [-0.05, 0) is 49.8 Å². The minimum absolute atomic E-state index is 0.557. The molecule has 0 amide bonds. The summed E-state index contributed by atoms with van der Waals surface area (Å²) in [6, 6.07) is 7.67. The van der Waals surface area contributed by atoms with Crippen LogP contribution in [0.4, 0.5) is 5.69 Å². The molecule has 0 atom stereocenters. The Bertz CT molecular complexity index is 609. The van der Waals surface area contributed by atoms with E-state index in [4.69, 9.17) is 23.8 Å². The maximum Gasteiger partial charge on any atom is 0.171 e. The number of rotatable bonds is 4. The second kappa shape index (κ2) is 6.72. The number of nitrogens with one attached hydrogen (secondary N) is 2. The molecule has 1 aromatic carbocycles. The van der Waals surface area contributed by atoms with Gasteiger partial charge in [-0.25, -0.2) is 0 Å². The fourth-order valence-corrected chi connectivity index (χ4v) is 2.11. The summed E-state index contributed by atoms with van der Waals surface area (Å²) in [5, 5.41) is 11.9. The molecule has 2 N–H and O–H groups in total. The first kappa shape index (κ1) is 14.8. The summed E-state index contributed by atoms with van der Waals surface area (Å²) in [7, 11) is 0. The zero-order valence-electron chi connectivity index (χ0n) is 11.5. The van der Waals surface area contributed by atoms with Gasteiger partial charge in [0.05, 0.1) is 12.2 Å². The standard InChI is InChI=1S/C14H17ClN4S/c1-3-19-8-7-11(18-19)9-16-14(20)17-13-6-4-5-12(15)10(13)2/h4-8H,3,9H2,1-2H3,(H2,16,17,20). The van der Waals surface area contributed by atoms with Crippen LogP contribution in [0.25, 0.3) is 0 Å². The summed E-state index contributed by atoms with van der Waals surface area (Å²) in [5.74, 6) is 0. The topological polar surface area (TPSA) is 41.9 Å². The van der Waals surface area contributed by atoms with E-state index < -0.39 is 0 Å². The summed E-state index contributed by atoms with van der Waals surface area (Å²) >= 11 is 11.3. The first-order valence-corrected chi connectivity index (χ1v) is 7.21. The second-order valence-electron chi connectivity index (χ2n) is 4.38. The number of hydrogen-bond donors (Lipinski definition) is 2. The van der Waals surface area contributed by atoms with Gasteiger partial charge in [-0.1, -0.05) is 17.7 Å². The van der Waals surface area contributed by atoms with Crippen LogP contribution in [0.2, 0.25) is 5.02 Å². The van der Waals surface area contributed by atoms with Crippen molar-refractivity contribution in [2.24, 2.45) is 0 Å². The van der Waals surface area contributed by atoms with E-state index in [1.807, 2.05) is 42.1 Å². The third-order valence-electron chi connectivity index (χ3n) is 2.97. The van der Waals surface area contributed by atoms with Gasteiger partial charge in [0.15, 0.2) is 5.11 Å². The molecule has 0 bridgehead atoms. The van der Waals surface area contributed by atoms with Gasteiger partial charge in [0.2, 0.25) is 0 Å². The fourth-order valence-electron chi connectivity index (χ4n) is 1.75. The molecule has 1 heterocycles. The van der Waals surface area contributed by atoms with Crippen molar-refractivity contribution in [2.45, 2.75) is 26.9 Å². The van der Waals surface area contributed by atoms with Crippen molar-refractivity contribution in [1.29, 1.82) is 0 Å². The lowest BCUT2D eigenvalue weighted by Gasteiger charge is -2.12. The first-order chi connectivity index (χ1) is 9.60. The van der Waals surface area contributed by atoms with Gasteiger partial charge < -0.3 is 10.6 Å². The van der Waals surface area contributed by atoms with E-state index in [-0.39, 0.29) is 0 Å². The second-order valence-corrected chi connectivity index (χ2v) is 5.20. The van der Waals surface area contributed by atoms with Crippen LogP contribution in [0, 0.1) is 6.92 Å². The SMILES string of the molecule is CCn1ccc(CNC(=S)Nc2cccc(Cl)c2C)n1. The lowest BCUT2D eigenvalue weighted by molar-refractivity contribution is 0.643. The van der Waals surface area contributed by atoms with Crippen LogP contribution in [-0.2, 0) is 13.1 Å². The largest absolute Gasteiger partial charge is 0.357 e. The van der Waals surface area contributed by atoms with E-state index in [2.05, 4.69) is 22.7 Å². The van der Waals surface area contributed by atoms with Crippen LogP contribution >= 0.6 is 23.8 Å². The smallest absolute Gasteiger partial charge is 0.171 e. The highest BCUT2D eigenvalue weighted by Gasteiger charge is 2.04. The fraction of sp³-hybridized carbons (Fsp3) is 0.286. The Kier molecular flexibility index (Phi) is 4.98. The van der Waals surface area contributed by atoms with E-state index in [0.29, 0.717) is 11.7 Å². The Labute approximate surface area is 129 Å². The van der Waals surface area contributed by atoms with Crippen molar-refractivity contribution < 1.29 is 0 Å². The summed E-state index contributed by atoms with van der Waals surface area (Å²) in [6.45, 7) is 5.47. The number of halogens is 1. The van der Waals surface area contributed by atoms with Gasteiger partial charge in [0.25, 0.3) is 0 Å². The zero-order chi connectivity index (χ0) is 14.5. The van der Waals surface area contributed by atoms with Crippen molar-refractivity contribution in [3.8, 4) is 0 Å². The molecule has 0 unspecified atom stereocenters. The summed E-state index contributed by atoms with van der Waals surface area (Å²) < 4.78 is 1.88. The predicted molar refractivity (Wildman–Crippen MR) is 87.2 cm³/mol. The average molecular weight is 309 g/mol. The van der Waals surface area contributed by atoms with Crippen LogP contribution in [0.1, 0.15) is 18.2 Å². The van der Waals surface area contributed by atoms with Gasteiger partial charge in [0, 0.05) is 23.5 Å². The molecule has 0 fully saturated rings. The lowest BCUT2D eigenvalue weighted by atomic mass is 10.2. The van der Waals surface area contributed by atoms with Crippen LogP contribution in [0.15, 0.2) is 30.5 Å². The van der Waals surface area contributed by atoms with Crippen molar-refractivity contribution in [1.82, 2.24) is 15.1 Å². The number of aryl methyl sites for hydroxylation is 1. The van der Waals surface area contributed by atoms with E-state index in [9.17, 15) is 0 Å². The summed E-state index contributed by atoms with van der Waals surface area (Å²) in [6.07, 6.45) is 1.95. The van der Waals surface area contributed by atoms with Crippen molar-refractivity contribution in [2.75, 3.05) is 5.32 Å². The molecule has 0 radical (unpaired) electrons. The van der Waals surface area contributed by atoms with Crippen LogP contribution in [-0.4, -0.2) is 14.9 Å². The predicted octanol–water partition coefficient (Wildman–Crippen LogP) is 3.35. The van der Waals surface area contributed by atoms with Gasteiger partial charge in [0.1, 0.15) is 0 Å². The third-order valence-corrected chi connectivity index (χ3v) is 3.62. The molecule has 6 heteroatoms. The molecule has 106 valence electrons. The maximum atomic E-state index is 6.07. The van der Waals surface area contributed by atoms with Crippen molar-refractivity contribution in [3.63, 3.8) is 0 Å². The number of aromatic nitrogens is 2. The molecule has 0 aliphatic rings. The van der Waals surface area contributed by atoms with Gasteiger partial charge in [-0.3, -0.25) is 4.68 Å². The molecule has 20 heavy (non-hydrogen) atoms. The Morgan fingerprint density at radius 3 is 2.90 bits per heavy atom. The Balaban J connectivity index is 1.91. The van der Waals surface area contributed by atoms with Gasteiger partial charge in [-0.15, -0.1) is 0 Å². The number of anilines is 1. The molecule has 0 saturated heterocycles. The molecule has 1 aromatic heterocycles. The number of hydrogen-bond acceptors (Lipinski definition) is 2. The van der Waals surface area contributed by atoms with Crippen molar-refractivity contribution in [3.05, 3.63) is 46.7 Å². The van der Waals surface area contributed by atoms with E-state index in [1.54, 1.807) is 0 Å². The number of nitrogens with zero attached hydrogens (tertiary/aromatic N) is 2. The Morgan fingerprint density at radius 2 is 2.20 bits per heavy atom. The highest BCUT2D eigenvalue weighted by atomic mass is 35.5. The highest BCUT2D eigenvalue weighted by Crippen LogP contribution is 2.22. The van der Waals surface area contributed by atoms with E-state index >= 15 is 0 Å². The van der Waals surface area contributed by atoms with E-state index in [0.717, 1.165) is 28.5 Å². The molecular weight excluding hydrogens is 292 g/mol. The monoisotopic (exact) mass is 308 g/mol. The minimum Gasteiger partial charge on any atom is -0.357 e. The van der Waals surface area contributed by atoms with E-state index in [1.165, 1.54) is 0 Å². The number of thiocarbonyl (C=S) groups is 1. The first-order valence-electron chi connectivity index (χ1n) is 6.42. The molecule has 0 aliphatic heterocycles. The molecule has 0 spiro atoms. The molecule has 0 saturated carbocycles. The van der Waals surface area contributed by atoms with Gasteiger partial charge >= 0.3 is 0 Å². The zero-order valence-corrected chi connectivity index (χ0v) is 13.1. The van der Waals surface area contributed by atoms with Crippen molar-refractivity contribution >= 4 is 34.6 Å². The summed E-state index contributed by atoms with van der Waals surface area (Å²) in [5.41, 5.74) is 2.85. The Hall–Kier alpha value is -1.59. The Morgan fingerprint density at radius 1 is 1.40 bits per heavy atom. The van der Waals surface area contributed by atoms with Crippen LogP contribution < -0.4 is 10.6 Å². The molecule has 0 aliphatic carbocycles. The molecule has 2 rings (SSSR count). The quantitative estimate of drug-likeness (QED) is 0.850. The molecular formula is C14H17ClN4S. The van der Waals surface area contributed by atoms with Crippen LogP contribution in [0.3, 0.4) is 0 Å². The maximum absolute atomic E-state index is 6.07.